The molecule has 30 heavy (non-hydrogen) atoms. The maximum atomic E-state index is 9.64. The highest BCUT2D eigenvalue weighted by Crippen LogP contribution is 2.28. The Hall–Kier alpha value is -2.62. The molecule has 0 amide bonds. The number of nitriles is 1. The summed E-state index contributed by atoms with van der Waals surface area (Å²) < 4.78 is 5.93. The molecule has 6 heteroatoms. The van der Waals surface area contributed by atoms with Crippen LogP contribution in [-0.4, -0.2) is 36.3 Å². The van der Waals surface area contributed by atoms with Gasteiger partial charge in [-0.2, -0.15) is 5.26 Å². The number of rotatable bonds is 8. The molecule has 160 valence electrons. The molecule has 1 atom stereocenters. The van der Waals surface area contributed by atoms with Crippen molar-refractivity contribution in [2.45, 2.75) is 51.6 Å². The molecular formula is C24H33N5O. The lowest BCUT2D eigenvalue weighted by Crippen LogP contribution is -2.43. The minimum Gasteiger partial charge on any atom is -0.490 e. The third-order valence-electron chi connectivity index (χ3n) is 5.32. The second-order valence-electron chi connectivity index (χ2n) is 8.96. The molecule has 1 saturated heterocycles. The van der Waals surface area contributed by atoms with Crippen LogP contribution in [0.25, 0.3) is 11.1 Å². The lowest BCUT2D eigenvalue weighted by atomic mass is 9.93. The molecule has 1 fully saturated rings. The number of hydrogen-bond donors (Lipinski definition) is 3. The monoisotopic (exact) mass is 407 g/mol. The first-order chi connectivity index (χ1) is 14.4. The van der Waals surface area contributed by atoms with E-state index in [1.165, 1.54) is 0 Å². The molecule has 1 aliphatic heterocycles. The highest BCUT2D eigenvalue weighted by Gasteiger charge is 2.22. The number of pyridine rings is 1. The smallest absolute Gasteiger partial charge is 0.137 e. The summed E-state index contributed by atoms with van der Waals surface area (Å²) in [6.07, 6.45) is 4.85. The van der Waals surface area contributed by atoms with E-state index in [4.69, 9.17) is 10.5 Å². The molecule has 1 aromatic heterocycles. The van der Waals surface area contributed by atoms with Gasteiger partial charge in [0, 0.05) is 17.8 Å². The van der Waals surface area contributed by atoms with Crippen molar-refractivity contribution in [3.63, 3.8) is 0 Å². The summed E-state index contributed by atoms with van der Waals surface area (Å²) in [5, 5.41) is 16.5. The fourth-order valence-electron chi connectivity index (χ4n) is 4.02. The van der Waals surface area contributed by atoms with E-state index in [-0.39, 0.29) is 0 Å². The van der Waals surface area contributed by atoms with Crippen LogP contribution in [-0.2, 0) is 0 Å². The number of aromatic nitrogens is 1. The molecule has 0 aliphatic carbocycles. The third-order valence-corrected chi connectivity index (χ3v) is 5.32. The van der Waals surface area contributed by atoms with Crippen LogP contribution < -0.4 is 21.1 Å². The molecule has 0 unspecified atom stereocenters. The molecule has 0 bridgehead atoms. The number of nitrogens with two attached hydrogens (primary N) is 1. The van der Waals surface area contributed by atoms with E-state index in [2.05, 4.69) is 35.5 Å². The van der Waals surface area contributed by atoms with E-state index in [0.29, 0.717) is 29.9 Å². The van der Waals surface area contributed by atoms with Crippen LogP contribution in [0, 0.1) is 17.2 Å². The molecule has 4 N–H and O–H groups in total. The van der Waals surface area contributed by atoms with Crippen molar-refractivity contribution in [1.82, 2.24) is 10.3 Å². The van der Waals surface area contributed by atoms with Gasteiger partial charge in [0.2, 0.25) is 0 Å². The summed E-state index contributed by atoms with van der Waals surface area (Å²) in [6, 6.07) is 12.4. The fraction of sp³-hybridized carbons (Fsp3) is 0.500. The van der Waals surface area contributed by atoms with Crippen LogP contribution >= 0.6 is 0 Å². The van der Waals surface area contributed by atoms with Crippen molar-refractivity contribution in [1.29, 1.82) is 5.26 Å². The summed E-state index contributed by atoms with van der Waals surface area (Å²) in [7, 11) is 0. The Balaban J connectivity index is 1.73. The molecule has 0 saturated carbocycles. The molecule has 1 aliphatic rings. The van der Waals surface area contributed by atoms with Gasteiger partial charge in [0.05, 0.1) is 5.56 Å². The third kappa shape index (κ3) is 6.19. The van der Waals surface area contributed by atoms with Gasteiger partial charge in [-0.15, -0.1) is 0 Å². The molecule has 0 radical (unpaired) electrons. The largest absolute Gasteiger partial charge is 0.490 e. The van der Waals surface area contributed by atoms with Crippen LogP contribution in [0.1, 0.15) is 45.6 Å². The van der Waals surface area contributed by atoms with Crippen LogP contribution in [0.5, 0.6) is 5.75 Å². The SMILES string of the molecule is CC(C)C[C@](C)(N)COc1ccc(-c2ccnc(NC3CCNCC3)c2)cc1C#N. The zero-order valence-corrected chi connectivity index (χ0v) is 18.2. The van der Waals surface area contributed by atoms with E-state index < -0.39 is 5.54 Å². The molecule has 2 aromatic rings. The maximum absolute atomic E-state index is 9.64. The first kappa shape index (κ1) is 22.1. The topological polar surface area (TPSA) is 96.0 Å². The molecule has 2 heterocycles. The minimum absolute atomic E-state index is 0.374. The van der Waals surface area contributed by atoms with Crippen molar-refractivity contribution >= 4 is 5.82 Å². The van der Waals surface area contributed by atoms with Gasteiger partial charge in [0.15, 0.2) is 0 Å². The second-order valence-corrected chi connectivity index (χ2v) is 8.96. The number of hydrogen-bond acceptors (Lipinski definition) is 6. The normalized spacial score (nSPS) is 16.7. The van der Waals surface area contributed by atoms with E-state index in [9.17, 15) is 5.26 Å². The zero-order valence-electron chi connectivity index (χ0n) is 18.2. The van der Waals surface area contributed by atoms with Crippen molar-refractivity contribution in [2.75, 3.05) is 25.0 Å². The quantitative estimate of drug-likeness (QED) is 0.614. The molecule has 1 aromatic carbocycles. The van der Waals surface area contributed by atoms with Crippen molar-refractivity contribution in [2.24, 2.45) is 11.7 Å². The summed E-state index contributed by atoms with van der Waals surface area (Å²) >= 11 is 0. The summed E-state index contributed by atoms with van der Waals surface area (Å²) in [5.41, 5.74) is 8.41. The lowest BCUT2D eigenvalue weighted by molar-refractivity contribution is 0.206. The van der Waals surface area contributed by atoms with Crippen LogP contribution in [0.4, 0.5) is 5.82 Å². The average molecular weight is 408 g/mol. The summed E-state index contributed by atoms with van der Waals surface area (Å²) in [6.45, 7) is 8.71. The van der Waals surface area contributed by atoms with Gasteiger partial charge in [0.1, 0.15) is 24.2 Å². The van der Waals surface area contributed by atoms with E-state index >= 15 is 0 Å². The summed E-state index contributed by atoms with van der Waals surface area (Å²) in [5.74, 6) is 1.93. The molecule has 3 rings (SSSR count). The van der Waals surface area contributed by atoms with Crippen LogP contribution in [0.2, 0.25) is 0 Å². The zero-order chi connectivity index (χ0) is 21.6. The number of ether oxygens (including phenoxy) is 1. The Bertz CT molecular complexity index is 881. The number of nitrogens with zero attached hydrogens (tertiary/aromatic N) is 2. The molecular weight excluding hydrogens is 374 g/mol. The Morgan fingerprint density at radius 3 is 2.70 bits per heavy atom. The van der Waals surface area contributed by atoms with Gasteiger partial charge >= 0.3 is 0 Å². The van der Waals surface area contributed by atoms with Gasteiger partial charge in [-0.3, -0.25) is 0 Å². The Morgan fingerprint density at radius 2 is 2.00 bits per heavy atom. The van der Waals surface area contributed by atoms with E-state index in [0.717, 1.165) is 49.3 Å². The van der Waals surface area contributed by atoms with Crippen molar-refractivity contribution < 1.29 is 4.74 Å². The van der Waals surface area contributed by atoms with Crippen molar-refractivity contribution in [3.05, 3.63) is 42.1 Å². The Labute approximate surface area is 179 Å². The number of anilines is 1. The average Bonchev–Trinajstić information content (AvgIpc) is 2.72. The van der Waals surface area contributed by atoms with Gasteiger partial charge < -0.3 is 21.1 Å². The second kappa shape index (κ2) is 9.92. The minimum atomic E-state index is -0.431. The van der Waals surface area contributed by atoms with Gasteiger partial charge in [-0.05, 0) is 80.6 Å². The predicted molar refractivity (Wildman–Crippen MR) is 121 cm³/mol. The highest BCUT2D eigenvalue weighted by molar-refractivity contribution is 5.69. The number of nitrogens with one attached hydrogen (secondary N) is 2. The predicted octanol–water partition coefficient (Wildman–Crippen LogP) is 3.93. The number of benzene rings is 1. The standard InChI is InChI=1S/C24H33N5O/c1-17(2)14-24(3,26)16-30-22-5-4-18(12-20(22)15-25)19-6-11-28-23(13-19)29-21-7-9-27-10-8-21/h4-6,11-13,17,21,27H,7-10,14,16,26H2,1-3H3,(H,28,29)/t24-/m0/s1. The van der Waals surface area contributed by atoms with Gasteiger partial charge in [-0.1, -0.05) is 19.9 Å². The van der Waals surface area contributed by atoms with E-state index in [1.54, 1.807) is 6.20 Å². The number of piperidine rings is 1. The van der Waals surface area contributed by atoms with E-state index in [1.807, 2.05) is 37.3 Å². The van der Waals surface area contributed by atoms with Gasteiger partial charge in [0.25, 0.3) is 0 Å². The van der Waals surface area contributed by atoms with Crippen LogP contribution in [0.3, 0.4) is 0 Å². The summed E-state index contributed by atoms with van der Waals surface area (Å²) in [4.78, 5) is 4.46. The first-order valence-corrected chi connectivity index (χ1v) is 10.8. The fourth-order valence-corrected chi connectivity index (χ4v) is 4.02. The Morgan fingerprint density at radius 1 is 1.27 bits per heavy atom. The highest BCUT2D eigenvalue weighted by atomic mass is 16.5. The molecule has 6 nitrogen and oxygen atoms in total. The Kier molecular flexibility index (Phi) is 7.30. The lowest BCUT2D eigenvalue weighted by Gasteiger charge is -2.27. The van der Waals surface area contributed by atoms with Crippen LogP contribution in [0.15, 0.2) is 36.5 Å². The van der Waals surface area contributed by atoms with Gasteiger partial charge in [-0.25, -0.2) is 4.98 Å². The first-order valence-electron chi connectivity index (χ1n) is 10.8. The van der Waals surface area contributed by atoms with Crippen molar-refractivity contribution in [3.8, 4) is 22.9 Å². The maximum Gasteiger partial charge on any atom is 0.137 e. The molecule has 0 spiro atoms.